The van der Waals surface area contributed by atoms with Gasteiger partial charge in [0.15, 0.2) is 0 Å². The van der Waals surface area contributed by atoms with Crippen molar-refractivity contribution in [3.63, 3.8) is 0 Å². The third-order valence-corrected chi connectivity index (χ3v) is 3.43. The maximum Gasteiger partial charge on any atom is 0.241 e. The molecular formula is C16H25ClN2O2. The van der Waals surface area contributed by atoms with Crippen LogP contribution in [0.25, 0.3) is 0 Å². The Balaban J connectivity index is 0.00000220. The Morgan fingerprint density at radius 3 is 2.62 bits per heavy atom. The average Bonchev–Trinajstić information content (AvgIpc) is 2.47. The van der Waals surface area contributed by atoms with E-state index in [0.29, 0.717) is 6.61 Å². The van der Waals surface area contributed by atoms with Crippen LogP contribution < -0.4 is 10.6 Å². The van der Waals surface area contributed by atoms with Crippen molar-refractivity contribution in [2.45, 2.75) is 51.9 Å². The van der Waals surface area contributed by atoms with Crippen molar-refractivity contribution < 1.29 is 9.53 Å². The van der Waals surface area contributed by atoms with Gasteiger partial charge >= 0.3 is 0 Å². The number of amides is 1. The first-order chi connectivity index (χ1) is 9.65. The minimum absolute atomic E-state index is 0. The predicted octanol–water partition coefficient (Wildman–Crippen LogP) is 3.11. The summed E-state index contributed by atoms with van der Waals surface area (Å²) in [6.07, 6.45) is 3.43. The van der Waals surface area contributed by atoms with Gasteiger partial charge in [0.1, 0.15) is 0 Å². The van der Waals surface area contributed by atoms with Crippen LogP contribution in [0.1, 0.15) is 38.7 Å². The van der Waals surface area contributed by atoms with Gasteiger partial charge in [-0.3, -0.25) is 4.79 Å². The molecule has 2 rings (SSSR count). The summed E-state index contributed by atoms with van der Waals surface area (Å²) in [5, 5.41) is 6.21. The number of carbonyl (C=O) groups is 1. The van der Waals surface area contributed by atoms with Gasteiger partial charge in [0.05, 0.1) is 18.8 Å². The third-order valence-electron chi connectivity index (χ3n) is 3.43. The van der Waals surface area contributed by atoms with Gasteiger partial charge in [0.25, 0.3) is 0 Å². The van der Waals surface area contributed by atoms with Gasteiger partial charge in [-0.25, -0.2) is 0 Å². The molecule has 1 atom stereocenters. The van der Waals surface area contributed by atoms with Gasteiger partial charge < -0.3 is 15.4 Å². The summed E-state index contributed by atoms with van der Waals surface area (Å²) < 4.78 is 5.55. The number of benzene rings is 1. The number of nitrogens with one attached hydrogen (secondary N) is 2. The third kappa shape index (κ3) is 6.04. The number of hydrogen-bond donors (Lipinski definition) is 2. The molecule has 5 heteroatoms. The summed E-state index contributed by atoms with van der Waals surface area (Å²) in [7, 11) is 0. The fraction of sp³-hybridized carbons (Fsp3) is 0.562. The van der Waals surface area contributed by atoms with Crippen molar-refractivity contribution in [3.05, 3.63) is 29.8 Å². The van der Waals surface area contributed by atoms with Crippen LogP contribution in [0, 0.1) is 0 Å². The molecule has 1 aliphatic heterocycles. The standard InChI is InChI=1S/C16H24N2O2.ClH/c1-12(2)20-11-13-6-8-14(9-7-13)18-16(19)15-5-3-4-10-17-15;/h6-9,12,15,17H,3-5,10-11H2,1-2H3,(H,18,19);1H. The number of carbonyl (C=O) groups excluding carboxylic acids is 1. The number of halogens is 1. The SMILES string of the molecule is CC(C)OCc1ccc(NC(=O)C2CCCCN2)cc1.Cl. The lowest BCUT2D eigenvalue weighted by molar-refractivity contribution is -0.118. The Morgan fingerprint density at radius 1 is 1.33 bits per heavy atom. The Morgan fingerprint density at radius 2 is 2.05 bits per heavy atom. The first-order valence-corrected chi connectivity index (χ1v) is 7.40. The minimum atomic E-state index is -0.0484. The van der Waals surface area contributed by atoms with Gasteiger partial charge in [0, 0.05) is 5.69 Å². The van der Waals surface area contributed by atoms with Crippen molar-refractivity contribution in [3.8, 4) is 0 Å². The lowest BCUT2D eigenvalue weighted by Gasteiger charge is -2.22. The second kappa shape index (κ2) is 9.03. The van der Waals surface area contributed by atoms with E-state index in [4.69, 9.17) is 4.74 Å². The van der Waals surface area contributed by atoms with E-state index in [-0.39, 0.29) is 30.5 Å². The van der Waals surface area contributed by atoms with E-state index in [1.165, 1.54) is 0 Å². The van der Waals surface area contributed by atoms with Crippen LogP contribution in [0.2, 0.25) is 0 Å². The molecule has 118 valence electrons. The molecule has 21 heavy (non-hydrogen) atoms. The average molecular weight is 313 g/mol. The fourth-order valence-corrected chi connectivity index (χ4v) is 2.25. The van der Waals surface area contributed by atoms with Crippen molar-refractivity contribution >= 4 is 24.0 Å². The van der Waals surface area contributed by atoms with Gasteiger partial charge in [-0.1, -0.05) is 18.6 Å². The van der Waals surface area contributed by atoms with Gasteiger partial charge in [-0.2, -0.15) is 0 Å². The van der Waals surface area contributed by atoms with E-state index in [1.54, 1.807) is 0 Å². The Hall–Kier alpha value is -1.10. The quantitative estimate of drug-likeness (QED) is 0.878. The molecule has 1 unspecified atom stereocenters. The van der Waals surface area contributed by atoms with Crippen molar-refractivity contribution in [1.29, 1.82) is 0 Å². The van der Waals surface area contributed by atoms with Crippen molar-refractivity contribution in [2.75, 3.05) is 11.9 Å². The molecule has 0 aliphatic carbocycles. The zero-order chi connectivity index (χ0) is 14.4. The van der Waals surface area contributed by atoms with Crippen LogP contribution in [0.3, 0.4) is 0 Å². The number of anilines is 1. The second-order valence-corrected chi connectivity index (χ2v) is 5.55. The summed E-state index contributed by atoms with van der Waals surface area (Å²) in [4.78, 5) is 12.1. The molecule has 1 aromatic carbocycles. The van der Waals surface area contributed by atoms with Crippen molar-refractivity contribution in [1.82, 2.24) is 5.32 Å². The summed E-state index contributed by atoms with van der Waals surface area (Å²) in [6, 6.07) is 7.80. The molecule has 1 aliphatic rings. The lowest BCUT2D eigenvalue weighted by Crippen LogP contribution is -2.43. The summed E-state index contributed by atoms with van der Waals surface area (Å²) in [5.41, 5.74) is 1.96. The Kier molecular flexibility index (Phi) is 7.72. The highest BCUT2D eigenvalue weighted by Crippen LogP contribution is 2.13. The first-order valence-electron chi connectivity index (χ1n) is 7.40. The van der Waals surface area contributed by atoms with Gasteiger partial charge in [0.2, 0.25) is 5.91 Å². The maximum atomic E-state index is 12.1. The molecule has 1 aromatic rings. The van der Waals surface area contributed by atoms with Crippen LogP contribution >= 0.6 is 12.4 Å². The van der Waals surface area contributed by atoms with E-state index >= 15 is 0 Å². The monoisotopic (exact) mass is 312 g/mol. The highest BCUT2D eigenvalue weighted by Gasteiger charge is 2.20. The van der Waals surface area contributed by atoms with Crippen molar-refractivity contribution in [2.24, 2.45) is 0 Å². The fourth-order valence-electron chi connectivity index (χ4n) is 2.25. The molecule has 0 radical (unpaired) electrons. The van der Waals surface area contributed by atoms with Gasteiger partial charge in [-0.05, 0) is 50.9 Å². The van der Waals surface area contributed by atoms with Crippen LogP contribution in [0.5, 0.6) is 0 Å². The molecule has 0 saturated carbocycles. The molecule has 1 fully saturated rings. The largest absolute Gasteiger partial charge is 0.374 e. The Bertz CT molecular complexity index is 428. The molecule has 1 heterocycles. The molecule has 0 aromatic heterocycles. The normalized spacial score (nSPS) is 18.1. The molecule has 0 spiro atoms. The van der Waals surface area contributed by atoms with E-state index in [1.807, 2.05) is 38.1 Å². The van der Waals surface area contributed by atoms with Gasteiger partial charge in [-0.15, -0.1) is 12.4 Å². The second-order valence-electron chi connectivity index (χ2n) is 5.55. The van der Waals surface area contributed by atoms with Crippen LogP contribution in [0.4, 0.5) is 5.69 Å². The van der Waals surface area contributed by atoms with Crippen LogP contribution in [-0.2, 0) is 16.1 Å². The first kappa shape index (κ1) is 18.0. The zero-order valence-corrected chi connectivity index (χ0v) is 13.5. The molecule has 2 N–H and O–H groups in total. The summed E-state index contributed by atoms with van der Waals surface area (Å²) in [6.45, 7) is 5.58. The number of hydrogen-bond acceptors (Lipinski definition) is 3. The summed E-state index contributed by atoms with van der Waals surface area (Å²) >= 11 is 0. The minimum Gasteiger partial charge on any atom is -0.374 e. The zero-order valence-electron chi connectivity index (χ0n) is 12.7. The highest BCUT2D eigenvalue weighted by molar-refractivity contribution is 5.94. The van der Waals surface area contributed by atoms with Crippen LogP contribution in [-0.4, -0.2) is 24.6 Å². The summed E-state index contributed by atoms with van der Waals surface area (Å²) in [5.74, 6) is 0.0656. The highest BCUT2D eigenvalue weighted by atomic mass is 35.5. The molecule has 1 amide bonds. The molecule has 4 nitrogen and oxygen atoms in total. The van der Waals surface area contributed by atoms with E-state index in [0.717, 1.165) is 37.1 Å². The number of piperidine rings is 1. The number of ether oxygens (including phenoxy) is 1. The smallest absolute Gasteiger partial charge is 0.241 e. The Labute approximate surface area is 133 Å². The van der Waals surface area contributed by atoms with E-state index < -0.39 is 0 Å². The molecular weight excluding hydrogens is 288 g/mol. The lowest BCUT2D eigenvalue weighted by atomic mass is 10.0. The molecule has 0 bridgehead atoms. The maximum absolute atomic E-state index is 12.1. The number of rotatable bonds is 5. The van der Waals surface area contributed by atoms with E-state index in [9.17, 15) is 4.79 Å². The predicted molar refractivity (Wildman–Crippen MR) is 87.9 cm³/mol. The van der Waals surface area contributed by atoms with Crippen LogP contribution in [0.15, 0.2) is 24.3 Å². The van der Waals surface area contributed by atoms with E-state index in [2.05, 4.69) is 10.6 Å². The topological polar surface area (TPSA) is 50.4 Å². The molecule has 1 saturated heterocycles.